The second kappa shape index (κ2) is 4.39. The van der Waals surface area contributed by atoms with Crippen molar-refractivity contribution < 1.29 is 9.59 Å². The SMILES string of the molecule is NC(=O)c1cccc2cccc(N3CCCC3=O)c12. The first kappa shape index (κ1) is 11.7. The molecule has 3 rings (SSSR count). The van der Waals surface area contributed by atoms with Crippen molar-refractivity contribution in [2.24, 2.45) is 5.73 Å². The molecule has 0 aromatic heterocycles. The monoisotopic (exact) mass is 254 g/mol. The second-order valence-corrected chi connectivity index (χ2v) is 4.69. The van der Waals surface area contributed by atoms with Crippen molar-refractivity contribution in [1.82, 2.24) is 0 Å². The lowest BCUT2D eigenvalue weighted by molar-refractivity contribution is -0.117. The molecule has 2 aromatic rings. The maximum Gasteiger partial charge on any atom is 0.249 e. The van der Waals surface area contributed by atoms with E-state index < -0.39 is 5.91 Å². The highest BCUT2D eigenvalue weighted by molar-refractivity contribution is 6.14. The summed E-state index contributed by atoms with van der Waals surface area (Å²) >= 11 is 0. The van der Waals surface area contributed by atoms with Crippen LogP contribution in [0.2, 0.25) is 0 Å². The fraction of sp³-hybridized carbons (Fsp3) is 0.200. The zero-order chi connectivity index (χ0) is 13.4. The number of hydrogen-bond acceptors (Lipinski definition) is 2. The number of amides is 2. The summed E-state index contributed by atoms with van der Waals surface area (Å²) in [5, 5.41) is 1.70. The predicted octanol–water partition coefficient (Wildman–Crippen LogP) is 2.07. The molecule has 1 aliphatic rings. The lowest BCUT2D eigenvalue weighted by atomic mass is 10.0. The minimum atomic E-state index is -0.468. The third-order valence-electron chi connectivity index (χ3n) is 3.51. The maximum atomic E-state index is 11.9. The molecule has 0 saturated carbocycles. The van der Waals surface area contributed by atoms with Gasteiger partial charge >= 0.3 is 0 Å². The smallest absolute Gasteiger partial charge is 0.249 e. The summed E-state index contributed by atoms with van der Waals surface area (Å²) in [6.45, 7) is 0.699. The Bertz CT molecular complexity index is 674. The van der Waals surface area contributed by atoms with Crippen LogP contribution in [0.25, 0.3) is 10.8 Å². The molecular formula is C15H14N2O2. The molecule has 4 nitrogen and oxygen atoms in total. The molecule has 0 bridgehead atoms. The Labute approximate surface area is 110 Å². The van der Waals surface area contributed by atoms with Gasteiger partial charge in [-0.25, -0.2) is 0 Å². The van der Waals surface area contributed by atoms with Gasteiger partial charge in [0.15, 0.2) is 0 Å². The highest BCUT2D eigenvalue weighted by Crippen LogP contribution is 2.32. The van der Waals surface area contributed by atoms with Crippen molar-refractivity contribution in [3.05, 3.63) is 42.0 Å². The third-order valence-corrected chi connectivity index (χ3v) is 3.51. The van der Waals surface area contributed by atoms with Crippen LogP contribution in [0.15, 0.2) is 36.4 Å². The lowest BCUT2D eigenvalue weighted by Crippen LogP contribution is -2.24. The van der Waals surface area contributed by atoms with Gasteiger partial charge in [-0.2, -0.15) is 0 Å². The molecule has 1 heterocycles. The van der Waals surface area contributed by atoms with Crippen LogP contribution in [0.1, 0.15) is 23.2 Å². The van der Waals surface area contributed by atoms with Gasteiger partial charge in [0.05, 0.1) is 5.69 Å². The van der Waals surface area contributed by atoms with Gasteiger partial charge < -0.3 is 10.6 Å². The van der Waals surface area contributed by atoms with Gasteiger partial charge in [-0.1, -0.05) is 24.3 Å². The van der Waals surface area contributed by atoms with Crippen molar-refractivity contribution in [2.45, 2.75) is 12.8 Å². The van der Waals surface area contributed by atoms with E-state index in [1.54, 1.807) is 17.0 Å². The summed E-state index contributed by atoms with van der Waals surface area (Å²) < 4.78 is 0. The van der Waals surface area contributed by atoms with E-state index in [-0.39, 0.29) is 5.91 Å². The molecule has 4 heteroatoms. The first-order valence-corrected chi connectivity index (χ1v) is 6.30. The largest absolute Gasteiger partial charge is 0.366 e. The zero-order valence-corrected chi connectivity index (χ0v) is 10.4. The van der Waals surface area contributed by atoms with Crippen LogP contribution in [0.3, 0.4) is 0 Å². The third kappa shape index (κ3) is 1.85. The second-order valence-electron chi connectivity index (χ2n) is 4.69. The highest BCUT2D eigenvalue weighted by atomic mass is 16.2. The van der Waals surface area contributed by atoms with Gasteiger partial charge in [0.2, 0.25) is 11.8 Å². The van der Waals surface area contributed by atoms with Crippen LogP contribution in [0, 0.1) is 0 Å². The fourth-order valence-electron chi connectivity index (χ4n) is 2.65. The zero-order valence-electron chi connectivity index (χ0n) is 10.4. The normalized spacial score (nSPS) is 15.2. The Balaban J connectivity index is 2.29. The van der Waals surface area contributed by atoms with Gasteiger partial charge in [-0.15, -0.1) is 0 Å². The fourth-order valence-corrected chi connectivity index (χ4v) is 2.65. The van der Waals surface area contributed by atoms with E-state index in [1.807, 2.05) is 24.3 Å². The lowest BCUT2D eigenvalue weighted by Gasteiger charge is -2.19. The summed E-state index contributed by atoms with van der Waals surface area (Å²) in [6, 6.07) is 11.1. The Morgan fingerprint density at radius 1 is 1.16 bits per heavy atom. The first-order valence-electron chi connectivity index (χ1n) is 6.30. The van der Waals surface area contributed by atoms with Crippen molar-refractivity contribution in [3.8, 4) is 0 Å². The number of anilines is 1. The van der Waals surface area contributed by atoms with Gasteiger partial charge in [0, 0.05) is 23.9 Å². The molecule has 2 amide bonds. The van der Waals surface area contributed by atoms with Crippen LogP contribution in [-0.4, -0.2) is 18.4 Å². The van der Waals surface area contributed by atoms with E-state index in [9.17, 15) is 9.59 Å². The molecule has 2 aromatic carbocycles. The Morgan fingerprint density at radius 2 is 1.89 bits per heavy atom. The summed E-state index contributed by atoms with van der Waals surface area (Å²) in [4.78, 5) is 25.2. The van der Waals surface area contributed by atoms with Crippen LogP contribution in [0.5, 0.6) is 0 Å². The summed E-state index contributed by atoms with van der Waals surface area (Å²) in [7, 11) is 0. The standard InChI is InChI=1S/C15H14N2O2/c16-15(19)11-6-1-4-10-5-2-7-12(14(10)11)17-9-3-8-13(17)18/h1-2,4-7H,3,8-9H2,(H2,16,19). The number of rotatable bonds is 2. The van der Waals surface area contributed by atoms with Crippen molar-refractivity contribution in [1.29, 1.82) is 0 Å². The average Bonchev–Trinajstić information content (AvgIpc) is 2.83. The first-order chi connectivity index (χ1) is 9.18. The Kier molecular flexibility index (Phi) is 2.71. The molecule has 19 heavy (non-hydrogen) atoms. The summed E-state index contributed by atoms with van der Waals surface area (Å²) in [6.07, 6.45) is 1.42. The number of benzene rings is 2. The van der Waals surface area contributed by atoms with Gasteiger partial charge in [-0.05, 0) is 23.9 Å². The molecule has 1 aliphatic heterocycles. The molecule has 0 radical (unpaired) electrons. The quantitative estimate of drug-likeness (QED) is 0.891. The molecular weight excluding hydrogens is 240 g/mol. The van der Waals surface area contributed by atoms with Crippen molar-refractivity contribution >= 4 is 28.3 Å². The minimum absolute atomic E-state index is 0.103. The van der Waals surface area contributed by atoms with Crippen molar-refractivity contribution in [2.75, 3.05) is 11.4 Å². The molecule has 0 unspecified atom stereocenters. The number of hydrogen-bond donors (Lipinski definition) is 1. The molecule has 1 fully saturated rings. The molecule has 0 atom stereocenters. The minimum Gasteiger partial charge on any atom is -0.366 e. The number of nitrogens with zero attached hydrogens (tertiary/aromatic N) is 1. The van der Waals surface area contributed by atoms with Gasteiger partial charge in [-0.3, -0.25) is 9.59 Å². The Hall–Kier alpha value is -2.36. The number of carbonyl (C=O) groups is 2. The van der Waals surface area contributed by atoms with E-state index >= 15 is 0 Å². The van der Waals surface area contributed by atoms with E-state index in [2.05, 4.69) is 0 Å². The van der Waals surface area contributed by atoms with Crippen LogP contribution >= 0.6 is 0 Å². The van der Waals surface area contributed by atoms with Crippen LogP contribution < -0.4 is 10.6 Å². The molecule has 1 saturated heterocycles. The van der Waals surface area contributed by atoms with E-state index in [1.165, 1.54) is 0 Å². The van der Waals surface area contributed by atoms with Gasteiger partial charge in [0.25, 0.3) is 0 Å². The van der Waals surface area contributed by atoms with E-state index in [4.69, 9.17) is 5.73 Å². The van der Waals surface area contributed by atoms with Crippen LogP contribution in [0.4, 0.5) is 5.69 Å². The van der Waals surface area contributed by atoms with Gasteiger partial charge in [0.1, 0.15) is 0 Å². The summed E-state index contributed by atoms with van der Waals surface area (Å²) in [5.74, 6) is -0.364. The molecule has 0 aliphatic carbocycles. The highest BCUT2D eigenvalue weighted by Gasteiger charge is 2.24. The molecule has 0 spiro atoms. The van der Waals surface area contributed by atoms with Crippen molar-refractivity contribution in [3.63, 3.8) is 0 Å². The van der Waals surface area contributed by atoms with E-state index in [0.717, 1.165) is 22.9 Å². The molecule has 2 N–H and O–H groups in total. The maximum absolute atomic E-state index is 11.9. The summed E-state index contributed by atoms with van der Waals surface area (Å²) in [5.41, 5.74) is 6.69. The molecule has 96 valence electrons. The van der Waals surface area contributed by atoms with E-state index in [0.29, 0.717) is 18.5 Å². The Morgan fingerprint density at radius 3 is 2.53 bits per heavy atom. The topological polar surface area (TPSA) is 63.4 Å². The van der Waals surface area contributed by atoms with Crippen LogP contribution in [-0.2, 0) is 4.79 Å². The number of nitrogens with two attached hydrogens (primary N) is 1. The average molecular weight is 254 g/mol. The number of fused-ring (bicyclic) bond motifs is 1. The number of carbonyl (C=O) groups excluding carboxylic acids is 2. The number of primary amides is 1. The predicted molar refractivity (Wildman–Crippen MR) is 74.1 cm³/mol.